The Bertz CT molecular complexity index is 322. The van der Waals surface area contributed by atoms with E-state index in [0.29, 0.717) is 12.6 Å². The highest BCUT2D eigenvalue weighted by Crippen LogP contribution is 2.18. The fourth-order valence-corrected chi connectivity index (χ4v) is 2.25. The molecule has 0 radical (unpaired) electrons. The van der Waals surface area contributed by atoms with Gasteiger partial charge in [0.25, 0.3) is 0 Å². The summed E-state index contributed by atoms with van der Waals surface area (Å²) in [6.45, 7) is 5.77. The molecule has 0 aliphatic carbocycles. The molecule has 0 spiro atoms. The first kappa shape index (κ1) is 11.5. The normalized spacial score (nSPS) is 22.5. The van der Waals surface area contributed by atoms with Gasteiger partial charge in [-0.2, -0.15) is 0 Å². The van der Waals surface area contributed by atoms with Crippen molar-refractivity contribution in [2.75, 3.05) is 13.1 Å². The van der Waals surface area contributed by atoms with Gasteiger partial charge < -0.3 is 5.73 Å². The molecule has 90 valence electrons. The van der Waals surface area contributed by atoms with E-state index in [1.165, 1.54) is 25.8 Å². The zero-order valence-electron chi connectivity index (χ0n) is 9.97. The van der Waals surface area contributed by atoms with Crippen molar-refractivity contribution in [2.24, 2.45) is 5.73 Å². The molecule has 2 heterocycles. The molecule has 0 bridgehead atoms. The summed E-state index contributed by atoms with van der Waals surface area (Å²) in [4.78, 5) is 2.49. The van der Waals surface area contributed by atoms with Crippen LogP contribution in [-0.2, 0) is 13.1 Å². The van der Waals surface area contributed by atoms with Crippen LogP contribution in [0.1, 0.15) is 31.9 Å². The predicted octanol–water partition coefficient (Wildman–Crippen LogP) is 0.611. The van der Waals surface area contributed by atoms with Gasteiger partial charge in [-0.25, -0.2) is 0 Å². The molecule has 5 nitrogen and oxygen atoms in total. The van der Waals surface area contributed by atoms with Crippen LogP contribution < -0.4 is 5.73 Å². The Balaban J connectivity index is 1.91. The van der Waals surface area contributed by atoms with Gasteiger partial charge in [0, 0.05) is 25.3 Å². The lowest BCUT2D eigenvalue weighted by atomic mass is 10.0. The highest BCUT2D eigenvalue weighted by molar-refractivity contribution is 4.93. The van der Waals surface area contributed by atoms with Gasteiger partial charge in [0.1, 0.15) is 0 Å². The molecule has 5 heteroatoms. The SMILES string of the molecule is CC1CCCCN1Cc1cn(CCN)nn1. The van der Waals surface area contributed by atoms with Crippen LogP contribution in [-0.4, -0.2) is 39.0 Å². The van der Waals surface area contributed by atoms with Crippen LogP contribution in [0.3, 0.4) is 0 Å². The summed E-state index contributed by atoms with van der Waals surface area (Å²) in [6.07, 6.45) is 5.98. The summed E-state index contributed by atoms with van der Waals surface area (Å²) >= 11 is 0. The Morgan fingerprint density at radius 1 is 1.50 bits per heavy atom. The maximum absolute atomic E-state index is 5.48. The first-order valence-corrected chi connectivity index (χ1v) is 6.12. The molecule has 1 aromatic heterocycles. The van der Waals surface area contributed by atoms with Crippen molar-refractivity contribution < 1.29 is 0 Å². The van der Waals surface area contributed by atoms with Crippen molar-refractivity contribution in [3.05, 3.63) is 11.9 Å². The fraction of sp³-hybridized carbons (Fsp3) is 0.818. The predicted molar refractivity (Wildman–Crippen MR) is 62.8 cm³/mol. The summed E-state index contributed by atoms with van der Waals surface area (Å²) in [5.41, 5.74) is 6.53. The molecule has 1 atom stereocenters. The van der Waals surface area contributed by atoms with Crippen LogP contribution in [0.15, 0.2) is 6.20 Å². The highest BCUT2D eigenvalue weighted by atomic mass is 15.4. The van der Waals surface area contributed by atoms with Crippen molar-refractivity contribution in [1.82, 2.24) is 19.9 Å². The first-order valence-electron chi connectivity index (χ1n) is 6.12. The summed E-state index contributed by atoms with van der Waals surface area (Å²) in [5.74, 6) is 0. The molecule has 1 aliphatic heterocycles. The van der Waals surface area contributed by atoms with Gasteiger partial charge in [-0.15, -0.1) is 5.10 Å². The summed E-state index contributed by atoms with van der Waals surface area (Å²) < 4.78 is 1.82. The number of likely N-dealkylation sites (tertiary alicyclic amines) is 1. The summed E-state index contributed by atoms with van der Waals surface area (Å²) in [5, 5.41) is 8.24. The van der Waals surface area contributed by atoms with E-state index in [1.54, 1.807) is 0 Å². The molecule has 16 heavy (non-hydrogen) atoms. The second kappa shape index (κ2) is 5.41. The molecular weight excluding hydrogens is 202 g/mol. The molecule has 0 saturated carbocycles. The zero-order chi connectivity index (χ0) is 11.4. The lowest BCUT2D eigenvalue weighted by molar-refractivity contribution is 0.151. The minimum absolute atomic E-state index is 0.614. The lowest BCUT2D eigenvalue weighted by Crippen LogP contribution is -2.36. The quantitative estimate of drug-likeness (QED) is 0.812. The maximum atomic E-state index is 5.48. The molecule has 1 unspecified atom stereocenters. The standard InChI is InChI=1S/C11H21N5/c1-10-4-2-3-6-15(10)8-11-9-16(7-5-12)14-13-11/h9-10H,2-8,12H2,1H3. The molecular formula is C11H21N5. The van der Waals surface area contributed by atoms with Crippen LogP contribution in [0, 0.1) is 0 Å². The number of hydrogen-bond donors (Lipinski definition) is 1. The number of aromatic nitrogens is 3. The number of nitrogens with two attached hydrogens (primary N) is 1. The van der Waals surface area contributed by atoms with Crippen molar-refractivity contribution in [1.29, 1.82) is 0 Å². The number of nitrogens with zero attached hydrogens (tertiary/aromatic N) is 4. The van der Waals surface area contributed by atoms with E-state index >= 15 is 0 Å². The van der Waals surface area contributed by atoms with E-state index in [9.17, 15) is 0 Å². The lowest BCUT2D eigenvalue weighted by Gasteiger charge is -2.32. The van der Waals surface area contributed by atoms with Gasteiger partial charge in [0.2, 0.25) is 0 Å². The molecule has 0 amide bonds. The molecule has 1 fully saturated rings. The van der Waals surface area contributed by atoms with E-state index in [0.717, 1.165) is 18.8 Å². The Labute approximate surface area is 96.6 Å². The second-order valence-electron chi connectivity index (χ2n) is 4.58. The first-order chi connectivity index (χ1) is 7.79. The molecule has 1 aliphatic rings. The van der Waals surface area contributed by atoms with E-state index in [4.69, 9.17) is 5.73 Å². The maximum Gasteiger partial charge on any atom is 0.0967 e. The Morgan fingerprint density at radius 3 is 3.12 bits per heavy atom. The molecule has 2 rings (SSSR count). The average molecular weight is 223 g/mol. The monoisotopic (exact) mass is 223 g/mol. The summed E-state index contributed by atoms with van der Waals surface area (Å²) in [6, 6.07) is 0.674. The topological polar surface area (TPSA) is 60.0 Å². The Hall–Kier alpha value is -0.940. The van der Waals surface area contributed by atoms with Gasteiger partial charge >= 0.3 is 0 Å². The van der Waals surface area contributed by atoms with Crippen LogP contribution in [0.25, 0.3) is 0 Å². The van der Waals surface area contributed by atoms with Gasteiger partial charge in [0.05, 0.1) is 12.2 Å². The third kappa shape index (κ3) is 2.80. The summed E-state index contributed by atoms with van der Waals surface area (Å²) in [7, 11) is 0. The second-order valence-corrected chi connectivity index (χ2v) is 4.58. The average Bonchev–Trinajstić information content (AvgIpc) is 2.70. The molecule has 0 aromatic carbocycles. The van der Waals surface area contributed by atoms with E-state index < -0.39 is 0 Å². The zero-order valence-corrected chi connectivity index (χ0v) is 9.97. The van der Waals surface area contributed by atoms with Crippen LogP contribution in [0.5, 0.6) is 0 Å². The Kier molecular flexibility index (Phi) is 3.90. The van der Waals surface area contributed by atoms with E-state index in [2.05, 4.69) is 22.1 Å². The van der Waals surface area contributed by atoms with E-state index in [1.807, 2.05) is 10.9 Å². The van der Waals surface area contributed by atoms with Crippen molar-refractivity contribution in [3.8, 4) is 0 Å². The van der Waals surface area contributed by atoms with E-state index in [-0.39, 0.29) is 0 Å². The third-order valence-electron chi connectivity index (χ3n) is 3.25. The number of piperidine rings is 1. The van der Waals surface area contributed by atoms with Crippen LogP contribution in [0.2, 0.25) is 0 Å². The van der Waals surface area contributed by atoms with Crippen molar-refractivity contribution in [3.63, 3.8) is 0 Å². The number of rotatable bonds is 4. The minimum Gasteiger partial charge on any atom is -0.329 e. The number of hydrogen-bond acceptors (Lipinski definition) is 4. The van der Waals surface area contributed by atoms with Crippen LogP contribution >= 0.6 is 0 Å². The van der Waals surface area contributed by atoms with Crippen molar-refractivity contribution in [2.45, 2.75) is 45.3 Å². The van der Waals surface area contributed by atoms with Gasteiger partial charge in [-0.1, -0.05) is 11.6 Å². The van der Waals surface area contributed by atoms with Gasteiger partial charge in [-0.05, 0) is 26.3 Å². The highest BCUT2D eigenvalue weighted by Gasteiger charge is 2.19. The van der Waals surface area contributed by atoms with Crippen LogP contribution in [0.4, 0.5) is 0 Å². The van der Waals surface area contributed by atoms with Gasteiger partial charge in [-0.3, -0.25) is 9.58 Å². The molecule has 1 aromatic rings. The minimum atomic E-state index is 0.614. The van der Waals surface area contributed by atoms with Crippen molar-refractivity contribution >= 4 is 0 Å². The third-order valence-corrected chi connectivity index (χ3v) is 3.25. The fourth-order valence-electron chi connectivity index (χ4n) is 2.25. The van der Waals surface area contributed by atoms with Gasteiger partial charge in [0.15, 0.2) is 0 Å². The Morgan fingerprint density at radius 2 is 2.38 bits per heavy atom. The molecule has 1 saturated heterocycles. The smallest absolute Gasteiger partial charge is 0.0967 e. The largest absolute Gasteiger partial charge is 0.329 e. The molecule has 2 N–H and O–H groups in total.